The zero-order valence-corrected chi connectivity index (χ0v) is 21.4. The molecule has 0 aliphatic carbocycles. The maximum Gasteiger partial charge on any atom is 0.331 e. The standard InChI is InChI=1S/C29H29N3O4S/c1-29(2)24(28(35)36-23(19-14-8-4-9-15-19)20-16-10-5-11-17-20)32-26(34)22(27(32)37-29)31-25(33)21(30)18-12-6-3-7-13-18/h3-17,21-24,27H,30H2,1-2H3,(H,31,33)/t21-,22-,24+,27-/m1/s1. The van der Waals surface area contributed by atoms with Gasteiger partial charge in [-0.3, -0.25) is 9.59 Å². The fourth-order valence-electron chi connectivity index (χ4n) is 4.95. The number of β-lactam (4-membered cyclic amide) rings is 1. The predicted molar refractivity (Wildman–Crippen MR) is 142 cm³/mol. The molecule has 3 N–H and O–H groups in total. The Morgan fingerprint density at radius 2 is 1.38 bits per heavy atom. The highest BCUT2D eigenvalue weighted by atomic mass is 32.2. The van der Waals surface area contributed by atoms with Crippen molar-refractivity contribution < 1.29 is 19.1 Å². The van der Waals surface area contributed by atoms with Crippen molar-refractivity contribution in [3.8, 4) is 0 Å². The predicted octanol–water partition coefficient (Wildman–Crippen LogP) is 3.57. The minimum atomic E-state index is -0.888. The van der Waals surface area contributed by atoms with E-state index < -0.39 is 40.9 Å². The fourth-order valence-corrected chi connectivity index (χ4v) is 6.57. The topological polar surface area (TPSA) is 102 Å². The second-order valence-corrected chi connectivity index (χ2v) is 11.5. The molecule has 8 heteroatoms. The summed E-state index contributed by atoms with van der Waals surface area (Å²) in [6.07, 6.45) is -0.606. The molecular weight excluding hydrogens is 486 g/mol. The molecule has 2 aliphatic rings. The second kappa shape index (κ2) is 10.0. The van der Waals surface area contributed by atoms with Gasteiger partial charge in [-0.15, -0.1) is 11.8 Å². The molecule has 2 aliphatic heterocycles. The van der Waals surface area contributed by atoms with Crippen LogP contribution in [0.25, 0.3) is 0 Å². The second-order valence-electron chi connectivity index (χ2n) is 9.77. The van der Waals surface area contributed by atoms with E-state index in [1.165, 1.54) is 11.8 Å². The summed E-state index contributed by atoms with van der Waals surface area (Å²) in [5.74, 6) is -1.21. The molecule has 7 nitrogen and oxygen atoms in total. The van der Waals surface area contributed by atoms with Crippen molar-refractivity contribution in [2.75, 3.05) is 0 Å². The van der Waals surface area contributed by atoms with Crippen LogP contribution < -0.4 is 11.1 Å². The van der Waals surface area contributed by atoms with Crippen LogP contribution in [0.15, 0.2) is 91.0 Å². The number of ether oxygens (including phenoxy) is 1. The Kier molecular flexibility index (Phi) is 6.79. The van der Waals surface area contributed by atoms with Crippen molar-refractivity contribution in [3.63, 3.8) is 0 Å². The van der Waals surface area contributed by atoms with E-state index in [2.05, 4.69) is 5.32 Å². The molecule has 0 spiro atoms. The summed E-state index contributed by atoms with van der Waals surface area (Å²) in [7, 11) is 0. The van der Waals surface area contributed by atoms with Crippen LogP contribution in [0.5, 0.6) is 0 Å². The molecule has 3 aromatic carbocycles. The van der Waals surface area contributed by atoms with Gasteiger partial charge >= 0.3 is 5.97 Å². The zero-order valence-electron chi connectivity index (χ0n) is 20.6. The van der Waals surface area contributed by atoms with E-state index in [1.54, 1.807) is 17.0 Å². The maximum atomic E-state index is 13.6. The lowest BCUT2D eigenvalue weighted by atomic mass is 9.95. The number of benzene rings is 3. The van der Waals surface area contributed by atoms with Crippen molar-refractivity contribution in [2.24, 2.45) is 5.73 Å². The van der Waals surface area contributed by atoms with Gasteiger partial charge in [0.05, 0.1) is 0 Å². The van der Waals surface area contributed by atoms with Crippen molar-refractivity contribution in [1.82, 2.24) is 10.2 Å². The summed E-state index contributed by atoms with van der Waals surface area (Å²) >= 11 is 1.48. The molecule has 190 valence electrons. The van der Waals surface area contributed by atoms with E-state index >= 15 is 0 Å². The van der Waals surface area contributed by atoms with E-state index in [9.17, 15) is 14.4 Å². The third-order valence-corrected chi connectivity index (χ3v) is 8.41. The van der Waals surface area contributed by atoms with Crippen LogP contribution in [0, 0.1) is 0 Å². The Balaban J connectivity index is 1.33. The highest BCUT2D eigenvalue weighted by molar-refractivity contribution is 8.01. The summed E-state index contributed by atoms with van der Waals surface area (Å²) in [6, 6.07) is 25.7. The number of amides is 2. The van der Waals surface area contributed by atoms with Gasteiger partial charge in [-0.2, -0.15) is 0 Å². The minimum Gasteiger partial charge on any atom is -0.451 e. The molecule has 2 amide bonds. The van der Waals surface area contributed by atoms with Gasteiger partial charge in [0.15, 0.2) is 6.10 Å². The van der Waals surface area contributed by atoms with E-state index in [1.807, 2.05) is 92.7 Å². The Morgan fingerprint density at radius 3 is 1.89 bits per heavy atom. The first-order chi connectivity index (χ1) is 17.8. The Bertz CT molecular complexity index is 1250. The number of rotatable bonds is 7. The van der Waals surface area contributed by atoms with Gasteiger partial charge in [0.1, 0.15) is 23.5 Å². The van der Waals surface area contributed by atoms with Crippen molar-refractivity contribution in [1.29, 1.82) is 0 Å². The van der Waals surface area contributed by atoms with Gasteiger partial charge in [0.2, 0.25) is 11.8 Å². The molecule has 2 saturated heterocycles. The molecule has 2 fully saturated rings. The van der Waals surface area contributed by atoms with Gasteiger partial charge < -0.3 is 20.7 Å². The first-order valence-corrected chi connectivity index (χ1v) is 13.1. The number of carbonyl (C=O) groups is 3. The number of thioether (sulfide) groups is 1. The van der Waals surface area contributed by atoms with Crippen LogP contribution >= 0.6 is 11.8 Å². The molecule has 0 saturated carbocycles. The normalized spacial score (nSPS) is 22.6. The number of nitrogens with zero attached hydrogens (tertiary/aromatic N) is 1. The summed E-state index contributed by atoms with van der Waals surface area (Å²) in [6.45, 7) is 3.84. The third kappa shape index (κ3) is 4.74. The van der Waals surface area contributed by atoms with Gasteiger partial charge in [0.25, 0.3) is 0 Å². The molecule has 5 rings (SSSR count). The molecular formula is C29H29N3O4S. The number of hydrogen-bond donors (Lipinski definition) is 2. The number of nitrogens with two attached hydrogens (primary N) is 1. The molecule has 0 bridgehead atoms. The lowest BCUT2D eigenvalue weighted by Gasteiger charge is -2.44. The first kappa shape index (κ1) is 25.0. The van der Waals surface area contributed by atoms with Crippen LogP contribution in [0.2, 0.25) is 0 Å². The highest BCUT2D eigenvalue weighted by Gasteiger charge is 2.64. The number of nitrogens with one attached hydrogen (secondary N) is 1. The fraction of sp³-hybridized carbons (Fsp3) is 0.276. The maximum absolute atomic E-state index is 13.6. The van der Waals surface area contributed by atoms with Crippen molar-refractivity contribution >= 4 is 29.5 Å². The number of carbonyl (C=O) groups excluding carboxylic acids is 3. The Labute approximate surface area is 220 Å². The van der Waals surface area contributed by atoms with Crippen LogP contribution in [0.4, 0.5) is 0 Å². The lowest BCUT2D eigenvalue weighted by molar-refractivity contribution is -0.166. The van der Waals surface area contributed by atoms with E-state index in [0.717, 1.165) is 11.1 Å². The molecule has 0 radical (unpaired) electrons. The largest absolute Gasteiger partial charge is 0.451 e. The highest BCUT2D eigenvalue weighted by Crippen LogP contribution is 2.51. The van der Waals surface area contributed by atoms with Gasteiger partial charge in [-0.25, -0.2) is 4.79 Å². The van der Waals surface area contributed by atoms with Gasteiger partial charge in [-0.1, -0.05) is 91.0 Å². The Morgan fingerprint density at radius 1 is 0.892 bits per heavy atom. The summed E-state index contributed by atoms with van der Waals surface area (Å²) in [4.78, 5) is 41.2. The van der Waals surface area contributed by atoms with Crippen LogP contribution in [-0.2, 0) is 19.1 Å². The van der Waals surface area contributed by atoms with Gasteiger partial charge in [0, 0.05) is 4.75 Å². The molecule has 3 aromatic rings. The van der Waals surface area contributed by atoms with E-state index in [-0.39, 0.29) is 11.3 Å². The Hall–Kier alpha value is -3.62. The quantitative estimate of drug-likeness (QED) is 0.369. The average Bonchev–Trinajstić information content (AvgIpc) is 3.18. The van der Waals surface area contributed by atoms with Crippen LogP contribution in [-0.4, -0.2) is 44.9 Å². The molecule has 4 atom stereocenters. The number of hydrogen-bond acceptors (Lipinski definition) is 6. The zero-order chi connectivity index (χ0) is 26.2. The summed E-state index contributed by atoms with van der Waals surface area (Å²) in [5, 5.41) is 2.42. The summed E-state index contributed by atoms with van der Waals surface area (Å²) < 4.78 is 5.49. The SMILES string of the molecule is CC1(C)S[C@@H]2[C@H](NC(=O)[C@H](N)c3ccccc3)C(=O)N2[C@H]1C(=O)OC(c1ccccc1)c1ccccc1. The van der Waals surface area contributed by atoms with Crippen LogP contribution in [0.1, 0.15) is 42.7 Å². The molecule has 0 aromatic heterocycles. The average molecular weight is 516 g/mol. The lowest BCUT2D eigenvalue weighted by Crippen LogP contribution is -2.71. The van der Waals surface area contributed by atoms with Gasteiger partial charge in [-0.05, 0) is 30.5 Å². The van der Waals surface area contributed by atoms with Crippen molar-refractivity contribution in [3.05, 3.63) is 108 Å². The van der Waals surface area contributed by atoms with E-state index in [4.69, 9.17) is 10.5 Å². The van der Waals surface area contributed by atoms with E-state index in [0.29, 0.717) is 5.56 Å². The number of esters is 1. The van der Waals surface area contributed by atoms with Crippen LogP contribution in [0.3, 0.4) is 0 Å². The summed E-state index contributed by atoms with van der Waals surface area (Å²) in [5.41, 5.74) is 8.48. The molecule has 37 heavy (non-hydrogen) atoms. The number of fused-ring (bicyclic) bond motifs is 1. The smallest absolute Gasteiger partial charge is 0.331 e. The molecule has 2 heterocycles. The van der Waals surface area contributed by atoms with Crippen molar-refractivity contribution in [2.45, 2.75) is 48.2 Å². The molecule has 0 unspecified atom stereocenters. The first-order valence-electron chi connectivity index (χ1n) is 12.2. The monoisotopic (exact) mass is 515 g/mol. The third-order valence-electron chi connectivity index (χ3n) is 6.84. The minimum absolute atomic E-state index is 0.311.